The summed E-state index contributed by atoms with van der Waals surface area (Å²) in [7, 11) is -1.06. The van der Waals surface area contributed by atoms with Gasteiger partial charge in [-0.1, -0.05) is 103 Å². The third-order valence-corrected chi connectivity index (χ3v) is 11.2. The van der Waals surface area contributed by atoms with E-state index in [1.807, 2.05) is 0 Å². The van der Waals surface area contributed by atoms with Crippen LogP contribution in [0.15, 0.2) is 17.6 Å². The molecular weight excluding hydrogens is 306 g/mol. The second kappa shape index (κ2) is 17.4. The van der Waals surface area contributed by atoms with Crippen LogP contribution in [0.25, 0.3) is 0 Å². The Kier molecular flexibility index (Phi) is 17.2. The van der Waals surface area contributed by atoms with Gasteiger partial charge in [0, 0.05) is 6.54 Å². The Morgan fingerprint density at radius 1 is 0.792 bits per heavy atom. The molecule has 2 heteroatoms. The number of rotatable bonds is 18. The fourth-order valence-corrected chi connectivity index (χ4v) is 6.89. The average Bonchev–Trinajstić information content (AvgIpc) is 2.61. The number of hydrogen-bond acceptors (Lipinski definition) is 1. The van der Waals surface area contributed by atoms with Crippen molar-refractivity contribution in [2.45, 2.75) is 116 Å². The fourth-order valence-electron chi connectivity index (χ4n) is 3.54. The van der Waals surface area contributed by atoms with E-state index in [9.17, 15) is 0 Å². The van der Waals surface area contributed by atoms with Crippen molar-refractivity contribution < 1.29 is 0 Å². The first-order chi connectivity index (χ1) is 11.7. The van der Waals surface area contributed by atoms with Crippen LogP contribution in [-0.4, -0.2) is 20.8 Å². The van der Waals surface area contributed by atoms with Crippen LogP contribution in [0.3, 0.4) is 0 Å². The molecule has 0 aromatic heterocycles. The molecule has 0 N–H and O–H groups in total. The minimum Gasteiger partial charge on any atom is -0.298 e. The van der Waals surface area contributed by atoms with Crippen LogP contribution in [-0.2, 0) is 0 Å². The Hall–Kier alpha value is -0.373. The lowest BCUT2D eigenvalue weighted by molar-refractivity contribution is 0.558. The van der Waals surface area contributed by atoms with Gasteiger partial charge in [0.2, 0.25) is 0 Å². The van der Waals surface area contributed by atoms with Crippen LogP contribution < -0.4 is 0 Å². The zero-order chi connectivity index (χ0) is 17.9. The third-order valence-electron chi connectivity index (χ3n) is 5.65. The van der Waals surface area contributed by atoms with E-state index >= 15 is 0 Å². The average molecular weight is 352 g/mol. The SMILES string of the molecule is C=CC[Si](CC)(CC)CCC=NCCCCCCCCCCCC. The minimum absolute atomic E-state index is 1.05. The Morgan fingerprint density at radius 2 is 1.33 bits per heavy atom. The van der Waals surface area contributed by atoms with Crippen molar-refractivity contribution in [2.24, 2.45) is 4.99 Å². The molecule has 0 aromatic rings. The molecule has 0 aromatic carbocycles. The highest BCUT2D eigenvalue weighted by atomic mass is 28.3. The van der Waals surface area contributed by atoms with Gasteiger partial charge < -0.3 is 0 Å². The number of aliphatic imine (C=N–C) groups is 1. The molecule has 0 saturated heterocycles. The van der Waals surface area contributed by atoms with Crippen LogP contribution >= 0.6 is 0 Å². The van der Waals surface area contributed by atoms with E-state index in [1.165, 1.54) is 94.8 Å². The molecule has 0 aliphatic heterocycles. The lowest BCUT2D eigenvalue weighted by atomic mass is 10.1. The predicted molar refractivity (Wildman–Crippen MR) is 116 cm³/mol. The number of unbranched alkanes of at least 4 members (excludes halogenated alkanes) is 9. The van der Waals surface area contributed by atoms with E-state index in [0.29, 0.717) is 0 Å². The van der Waals surface area contributed by atoms with Gasteiger partial charge in [-0.3, -0.25) is 4.99 Å². The van der Waals surface area contributed by atoms with Gasteiger partial charge in [-0.15, -0.1) is 6.58 Å². The lowest BCUT2D eigenvalue weighted by Crippen LogP contribution is -2.31. The maximum Gasteiger partial charge on any atom is 0.0571 e. The van der Waals surface area contributed by atoms with E-state index in [2.05, 4.69) is 44.6 Å². The van der Waals surface area contributed by atoms with Crippen molar-refractivity contribution in [3.05, 3.63) is 12.7 Å². The van der Waals surface area contributed by atoms with Crippen molar-refractivity contribution >= 4 is 14.3 Å². The van der Waals surface area contributed by atoms with E-state index < -0.39 is 8.07 Å². The summed E-state index contributed by atoms with van der Waals surface area (Å²) >= 11 is 0. The normalized spacial score (nSPS) is 12.1. The second-order valence-electron chi connectivity index (χ2n) is 7.51. The predicted octanol–water partition coefficient (Wildman–Crippen LogP) is 8.04. The summed E-state index contributed by atoms with van der Waals surface area (Å²) in [6.07, 6.45) is 19.6. The summed E-state index contributed by atoms with van der Waals surface area (Å²) in [5.41, 5.74) is 0. The van der Waals surface area contributed by atoms with E-state index in [4.69, 9.17) is 0 Å². The van der Waals surface area contributed by atoms with Crippen LogP contribution in [0, 0.1) is 0 Å². The standard InChI is InChI=1S/C22H45NSi/c1-5-9-10-11-12-13-14-15-16-17-19-23-20-18-22-24(7-3,8-4)21-6-2/h6,20H,2,5,7-19,21-22H2,1,3-4H3. The first-order valence-corrected chi connectivity index (χ1v) is 13.7. The monoisotopic (exact) mass is 351 g/mol. The molecule has 0 spiro atoms. The van der Waals surface area contributed by atoms with Gasteiger partial charge in [0.15, 0.2) is 0 Å². The Labute approximate surface area is 154 Å². The molecule has 0 unspecified atom stereocenters. The number of allylic oxidation sites excluding steroid dienone is 1. The summed E-state index contributed by atoms with van der Waals surface area (Å²) in [5.74, 6) is 0. The summed E-state index contributed by atoms with van der Waals surface area (Å²) in [4.78, 5) is 4.64. The van der Waals surface area contributed by atoms with Crippen molar-refractivity contribution in [3.63, 3.8) is 0 Å². The smallest absolute Gasteiger partial charge is 0.0571 e. The molecule has 0 bridgehead atoms. The summed E-state index contributed by atoms with van der Waals surface area (Å²) in [5, 5.41) is 0. The van der Waals surface area contributed by atoms with Gasteiger partial charge in [0.1, 0.15) is 0 Å². The molecule has 0 fully saturated rings. The molecule has 0 atom stereocenters. The molecule has 0 aliphatic carbocycles. The summed E-state index contributed by atoms with van der Waals surface area (Å²) in [6, 6.07) is 5.46. The van der Waals surface area contributed by atoms with Gasteiger partial charge in [0.05, 0.1) is 8.07 Å². The van der Waals surface area contributed by atoms with Gasteiger partial charge in [-0.2, -0.15) is 0 Å². The molecule has 0 rings (SSSR count). The molecule has 0 radical (unpaired) electrons. The molecule has 0 aliphatic rings. The van der Waals surface area contributed by atoms with Gasteiger partial charge in [-0.05, 0) is 25.1 Å². The highest BCUT2D eigenvalue weighted by Gasteiger charge is 2.25. The van der Waals surface area contributed by atoms with Gasteiger partial charge >= 0.3 is 0 Å². The maximum atomic E-state index is 4.64. The van der Waals surface area contributed by atoms with Gasteiger partial charge in [0.25, 0.3) is 0 Å². The second-order valence-corrected chi connectivity index (χ2v) is 12.8. The van der Waals surface area contributed by atoms with Crippen LogP contribution in [0.5, 0.6) is 0 Å². The molecular formula is C22H45NSi. The Morgan fingerprint density at radius 3 is 1.83 bits per heavy atom. The fraction of sp³-hybridized carbons (Fsp3) is 0.864. The third kappa shape index (κ3) is 13.0. The number of nitrogens with zero attached hydrogens (tertiary/aromatic N) is 1. The maximum absolute atomic E-state index is 4.64. The zero-order valence-electron chi connectivity index (χ0n) is 17.1. The van der Waals surface area contributed by atoms with Crippen molar-refractivity contribution in [2.75, 3.05) is 6.54 Å². The minimum atomic E-state index is -1.06. The molecule has 0 amide bonds. The largest absolute Gasteiger partial charge is 0.298 e. The first-order valence-electron chi connectivity index (χ1n) is 10.8. The zero-order valence-corrected chi connectivity index (χ0v) is 18.1. The molecule has 142 valence electrons. The van der Waals surface area contributed by atoms with Crippen LogP contribution in [0.2, 0.25) is 24.2 Å². The van der Waals surface area contributed by atoms with Crippen molar-refractivity contribution in [3.8, 4) is 0 Å². The van der Waals surface area contributed by atoms with E-state index in [-0.39, 0.29) is 0 Å². The van der Waals surface area contributed by atoms with Crippen molar-refractivity contribution in [1.29, 1.82) is 0 Å². The number of hydrogen-bond donors (Lipinski definition) is 0. The molecule has 0 heterocycles. The Balaban J connectivity index is 3.48. The highest BCUT2D eigenvalue weighted by Crippen LogP contribution is 2.26. The topological polar surface area (TPSA) is 12.4 Å². The summed E-state index contributed by atoms with van der Waals surface area (Å²) in [6.45, 7) is 12.0. The lowest BCUT2D eigenvalue weighted by Gasteiger charge is -2.27. The Bertz CT molecular complexity index is 294. The molecule has 0 saturated carbocycles. The molecule has 1 nitrogen and oxygen atoms in total. The van der Waals surface area contributed by atoms with Crippen LogP contribution in [0.1, 0.15) is 91.4 Å². The molecule has 24 heavy (non-hydrogen) atoms. The van der Waals surface area contributed by atoms with E-state index in [0.717, 1.165) is 6.54 Å². The van der Waals surface area contributed by atoms with Crippen molar-refractivity contribution in [1.82, 2.24) is 0 Å². The first kappa shape index (κ1) is 23.6. The van der Waals surface area contributed by atoms with Crippen LogP contribution in [0.4, 0.5) is 0 Å². The van der Waals surface area contributed by atoms with E-state index in [1.54, 1.807) is 0 Å². The quantitative estimate of drug-likeness (QED) is 0.102. The highest BCUT2D eigenvalue weighted by molar-refractivity contribution is 6.80. The summed E-state index contributed by atoms with van der Waals surface area (Å²) < 4.78 is 0. The van der Waals surface area contributed by atoms with Gasteiger partial charge in [-0.25, -0.2) is 0 Å².